The SMILES string of the molecule is CC1CCN(Cc2ccc(C#CCO)s2)C(C)C1. The Morgan fingerprint density at radius 3 is 3.00 bits per heavy atom. The maximum absolute atomic E-state index is 8.68. The van der Waals surface area contributed by atoms with E-state index in [1.807, 2.05) is 0 Å². The van der Waals surface area contributed by atoms with Gasteiger partial charge in [-0.05, 0) is 44.4 Å². The average molecular weight is 263 g/mol. The molecule has 2 nitrogen and oxygen atoms in total. The minimum atomic E-state index is -0.0612. The van der Waals surface area contributed by atoms with E-state index in [1.165, 1.54) is 24.3 Å². The van der Waals surface area contributed by atoms with E-state index < -0.39 is 0 Å². The van der Waals surface area contributed by atoms with Crippen molar-refractivity contribution in [1.29, 1.82) is 0 Å². The number of thiophene rings is 1. The van der Waals surface area contributed by atoms with Gasteiger partial charge in [0, 0.05) is 17.5 Å². The molecule has 18 heavy (non-hydrogen) atoms. The quantitative estimate of drug-likeness (QED) is 0.829. The first kappa shape index (κ1) is 13.6. The highest BCUT2D eigenvalue weighted by molar-refractivity contribution is 7.12. The summed E-state index contributed by atoms with van der Waals surface area (Å²) in [5.41, 5.74) is 0. The Morgan fingerprint density at radius 1 is 1.44 bits per heavy atom. The van der Waals surface area contributed by atoms with E-state index in [0.29, 0.717) is 6.04 Å². The molecule has 2 rings (SSSR count). The van der Waals surface area contributed by atoms with Crippen molar-refractivity contribution in [2.24, 2.45) is 5.92 Å². The fourth-order valence-corrected chi connectivity index (χ4v) is 3.46. The molecule has 1 aliphatic rings. The van der Waals surface area contributed by atoms with Crippen molar-refractivity contribution < 1.29 is 5.11 Å². The van der Waals surface area contributed by atoms with Crippen molar-refractivity contribution in [1.82, 2.24) is 4.90 Å². The molecule has 1 aliphatic heterocycles. The number of aliphatic hydroxyl groups is 1. The number of hydrogen-bond donors (Lipinski definition) is 1. The Kier molecular flexibility index (Phi) is 4.82. The van der Waals surface area contributed by atoms with Crippen LogP contribution in [0.25, 0.3) is 0 Å². The number of hydrogen-bond acceptors (Lipinski definition) is 3. The molecular formula is C15H21NOS. The van der Waals surface area contributed by atoms with E-state index in [0.717, 1.165) is 17.3 Å². The molecule has 0 saturated carbocycles. The molecule has 1 aromatic heterocycles. The second kappa shape index (κ2) is 6.38. The lowest BCUT2D eigenvalue weighted by atomic mass is 9.93. The lowest BCUT2D eigenvalue weighted by Gasteiger charge is -2.36. The summed E-state index contributed by atoms with van der Waals surface area (Å²) >= 11 is 1.74. The van der Waals surface area contributed by atoms with Gasteiger partial charge < -0.3 is 5.11 Å². The van der Waals surface area contributed by atoms with E-state index in [4.69, 9.17) is 5.11 Å². The van der Waals surface area contributed by atoms with Crippen LogP contribution >= 0.6 is 11.3 Å². The summed E-state index contributed by atoms with van der Waals surface area (Å²) in [6.45, 7) is 6.86. The van der Waals surface area contributed by atoms with Crippen LogP contribution in [-0.2, 0) is 6.54 Å². The van der Waals surface area contributed by atoms with Gasteiger partial charge in [-0.15, -0.1) is 11.3 Å². The smallest absolute Gasteiger partial charge is 0.104 e. The van der Waals surface area contributed by atoms with E-state index in [-0.39, 0.29) is 6.61 Å². The predicted molar refractivity (Wildman–Crippen MR) is 76.6 cm³/mol. The number of aliphatic hydroxyl groups excluding tert-OH is 1. The molecule has 0 radical (unpaired) electrons. The summed E-state index contributed by atoms with van der Waals surface area (Å²) in [6.07, 6.45) is 2.62. The van der Waals surface area contributed by atoms with Crippen molar-refractivity contribution in [3.8, 4) is 11.8 Å². The summed E-state index contributed by atoms with van der Waals surface area (Å²) in [5, 5.41) is 8.68. The van der Waals surface area contributed by atoms with Gasteiger partial charge in [-0.25, -0.2) is 0 Å². The molecule has 2 unspecified atom stereocenters. The molecule has 3 heteroatoms. The molecule has 1 saturated heterocycles. The van der Waals surface area contributed by atoms with Crippen LogP contribution in [-0.4, -0.2) is 29.2 Å². The molecule has 2 heterocycles. The van der Waals surface area contributed by atoms with Crippen LogP contribution in [0.4, 0.5) is 0 Å². The van der Waals surface area contributed by atoms with Gasteiger partial charge in [-0.1, -0.05) is 18.8 Å². The van der Waals surface area contributed by atoms with Gasteiger partial charge >= 0.3 is 0 Å². The summed E-state index contributed by atoms with van der Waals surface area (Å²) in [6, 6.07) is 4.90. The third-order valence-electron chi connectivity index (χ3n) is 3.59. The third kappa shape index (κ3) is 3.58. The van der Waals surface area contributed by atoms with Crippen LogP contribution in [0.2, 0.25) is 0 Å². The van der Waals surface area contributed by atoms with Gasteiger partial charge in [0.2, 0.25) is 0 Å². The summed E-state index contributed by atoms with van der Waals surface area (Å²) in [5.74, 6) is 6.53. The third-order valence-corrected chi connectivity index (χ3v) is 4.57. The Hall–Kier alpha value is -0.820. The van der Waals surface area contributed by atoms with E-state index in [2.05, 4.69) is 42.7 Å². The van der Waals surface area contributed by atoms with Gasteiger partial charge in [-0.2, -0.15) is 0 Å². The average Bonchev–Trinajstić information content (AvgIpc) is 2.78. The van der Waals surface area contributed by atoms with Crippen LogP contribution in [0.3, 0.4) is 0 Å². The molecular weight excluding hydrogens is 242 g/mol. The number of piperidine rings is 1. The van der Waals surface area contributed by atoms with Crippen molar-refractivity contribution in [3.63, 3.8) is 0 Å². The van der Waals surface area contributed by atoms with E-state index in [1.54, 1.807) is 11.3 Å². The second-order valence-corrected chi connectivity index (χ2v) is 6.34. The molecule has 2 atom stereocenters. The lowest BCUT2D eigenvalue weighted by Crippen LogP contribution is -2.39. The zero-order valence-electron chi connectivity index (χ0n) is 11.1. The van der Waals surface area contributed by atoms with Crippen molar-refractivity contribution >= 4 is 11.3 Å². The highest BCUT2D eigenvalue weighted by Gasteiger charge is 2.22. The molecule has 98 valence electrons. The zero-order chi connectivity index (χ0) is 13.0. The normalized spacial score (nSPS) is 24.6. The Bertz CT molecular complexity index is 443. The van der Waals surface area contributed by atoms with E-state index in [9.17, 15) is 0 Å². The van der Waals surface area contributed by atoms with Crippen molar-refractivity contribution in [2.45, 2.75) is 39.3 Å². The molecule has 0 spiro atoms. The second-order valence-electron chi connectivity index (χ2n) is 5.17. The minimum Gasteiger partial charge on any atom is -0.384 e. The molecule has 0 bridgehead atoms. The predicted octanol–water partition coefficient (Wildman–Crippen LogP) is 2.71. The molecule has 1 fully saturated rings. The fraction of sp³-hybridized carbons (Fsp3) is 0.600. The summed E-state index contributed by atoms with van der Waals surface area (Å²) in [4.78, 5) is 4.99. The number of rotatable bonds is 2. The summed E-state index contributed by atoms with van der Waals surface area (Å²) < 4.78 is 0. The largest absolute Gasteiger partial charge is 0.384 e. The van der Waals surface area contributed by atoms with Crippen LogP contribution in [0, 0.1) is 17.8 Å². The topological polar surface area (TPSA) is 23.5 Å². The Balaban J connectivity index is 1.95. The first-order valence-corrected chi connectivity index (χ1v) is 7.43. The molecule has 0 aromatic carbocycles. The van der Waals surface area contributed by atoms with Crippen molar-refractivity contribution in [3.05, 3.63) is 21.9 Å². The van der Waals surface area contributed by atoms with Gasteiger partial charge in [0.25, 0.3) is 0 Å². The van der Waals surface area contributed by atoms with Crippen LogP contribution < -0.4 is 0 Å². The van der Waals surface area contributed by atoms with Gasteiger partial charge in [0.15, 0.2) is 0 Å². The highest BCUT2D eigenvalue weighted by Crippen LogP contribution is 2.25. The van der Waals surface area contributed by atoms with Gasteiger partial charge in [0.05, 0.1) is 4.88 Å². The minimum absolute atomic E-state index is 0.0612. The van der Waals surface area contributed by atoms with Crippen molar-refractivity contribution in [2.75, 3.05) is 13.2 Å². The maximum atomic E-state index is 8.68. The monoisotopic (exact) mass is 263 g/mol. The van der Waals surface area contributed by atoms with Crippen LogP contribution in [0.15, 0.2) is 12.1 Å². The molecule has 1 aromatic rings. The van der Waals surface area contributed by atoms with Crippen LogP contribution in [0.5, 0.6) is 0 Å². The molecule has 1 N–H and O–H groups in total. The molecule has 0 amide bonds. The van der Waals surface area contributed by atoms with Gasteiger partial charge in [-0.3, -0.25) is 4.90 Å². The number of nitrogens with zero attached hydrogens (tertiary/aromatic N) is 1. The highest BCUT2D eigenvalue weighted by atomic mass is 32.1. The summed E-state index contributed by atoms with van der Waals surface area (Å²) in [7, 11) is 0. The first-order chi connectivity index (χ1) is 8.69. The number of likely N-dealkylation sites (tertiary alicyclic amines) is 1. The zero-order valence-corrected chi connectivity index (χ0v) is 12.0. The molecule has 0 aliphatic carbocycles. The first-order valence-electron chi connectivity index (χ1n) is 6.61. The Labute approximate surface area is 114 Å². The van der Waals surface area contributed by atoms with Crippen LogP contribution in [0.1, 0.15) is 36.4 Å². The van der Waals surface area contributed by atoms with E-state index >= 15 is 0 Å². The van der Waals surface area contributed by atoms with Gasteiger partial charge in [0.1, 0.15) is 6.61 Å². The Morgan fingerprint density at radius 2 is 2.28 bits per heavy atom. The standard InChI is InChI=1S/C15H21NOS/c1-12-7-8-16(13(2)10-12)11-15-6-5-14(18-15)4-3-9-17/h5-6,12-13,17H,7-11H2,1-2H3. The fourth-order valence-electron chi connectivity index (χ4n) is 2.55. The lowest BCUT2D eigenvalue weighted by molar-refractivity contribution is 0.123. The maximum Gasteiger partial charge on any atom is 0.104 e.